The Morgan fingerprint density at radius 1 is 0.323 bits per heavy atom. The van der Waals surface area contributed by atoms with Gasteiger partial charge < -0.3 is 33.8 Å². The van der Waals surface area contributed by atoms with E-state index < -0.39 is 97.5 Å². The number of carbonyl (C=O) groups is 4. The molecule has 3 N–H and O–H groups in total. The van der Waals surface area contributed by atoms with Gasteiger partial charge in [-0.3, -0.25) is 37.3 Å². The van der Waals surface area contributed by atoms with Gasteiger partial charge in [0.25, 0.3) is 0 Å². The first kappa shape index (κ1) is 96.5. The molecule has 0 aliphatic heterocycles. The molecule has 0 amide bonds. The Kier molecular flexibility index (Phi) is 70.7. The molecule has 0 aromatic rings. The van der Waals surface area contributed by atoms with Crippen molar-refractivity contribution >= 4 is 39.5 Å². The molecule has 19 heteroatoms. The maximum atomic E-state index is 13.1. The maximum Gasteiger partial charge on any atom is 0.472 e. The quantitative estimate of drug-likeness (QED) is 0.0169. The number of hydrogen-bond donors (Lipinski definition) is 3. The topological polar surface area (TPSA) is 237 Å². The molecule has 6 atom stereocenters. The van der Waals surface area contributed by atoms with Gasteiger partial charge >= 0.3 is 39.5 Å². The minimum absolute atomic E-state index is 0.0850. The molecular formula is C80H152O17P2. The summed E-state index contributed by atoms with van der Waals surface area (Å²) in [4.78, 5) is 73.0. The van der Waals surface area contributed by atoms with Gasteiger partial charge in [0.05, 0.1) is 26.4 Å². The third-order valence-electron chi connectivity index (χ3n) is 18.5. The van der Waals surface area contributed by atoms with Gasteiger partial charge in [0.1, 0.15) is 19.3 Å². The van der Waals surface area contributed by atoms with Gasteiger partial charge in [0, 0.05) is 25.7 Å². The van der Waals surface area contributed by atoms with Crippen molar-refractivity contribution < 1.29 is 80.2 Å². The first-order valence-corrected chi connectivity index (χ1v) is 44.0. The fourth-order valence-electron chi connectivity index (χ4n) is 11.8. The number of carbonyl (C=O) groups excluding carboxylic acids is 4. The number of ether oxygens (including phenoxy) is 4. The van der Waals surface area contributed by atoms with Crippen LogP contribution in [0.4, 0.5) is 0 Å². The number of phosphoric acid groups is 2. The zero-order chi connectivity index (χ0) is 72.7. The third kappa shape index (κ3) is 72.3. The SMILES string of the molecule is CCCCCC/C=C\C=C/CCCCCCCC(=O)O[C@H](COC(=O)CCCCCCCCCCC(C)CC)COP(=O)(O)OC[C@H](O)COP(=O)(O)OC[C@@H](COC(=O)CCCCCCCCCCCCCCCCCC)OC(=O)CCCCCCCCCCCCCCCCCC. The number of unbranched alkanes of at least 4 members (excludes halogenated alkanes) is 46. The summed E-state index contributed by atoms with van der Waals surface area (Å²) in [7, 11) is -9.93. The van der Waals surface area contributed by atoms with Crippen LogP contribution in [0, 0.1) is 5.92 Å². The monoisotopic (exact) mass is 1450 g/mol. The number of rotatable bonds is 78. The van der Waals surface area contributed by atoms with E-state index in [2.05, 4.69) is 58.9 Å². The Balaban J connectivity index is 5.30. The predicted octanol–water partition coefficient (Wildman–Crippen LogP) is 23.6. The fraction of sp³-hybridized carbons (Fsp3) is 0.900. The standard InChI is InChI=1S/C80H152O17P2/c1-6-10-13-16-19-22-25-28-31-34-36-39-42-48-53-58-63-77(82)90-69-75(96-79(84)66-61-56-51-44-41-38-35-32-29-26-23-20-17-14-11-7-2)71-94-98(86,87)92-67-74(81)68-93-99(88,89)95-72-76(70-91-78(83)64-59-54-49-46-45-47-52-57-62-73(5)9-4)97-80(85)65-60-55-50-43-40-37-33-30-27-24-21-18-15-12-8-3/h24,27,30,33,73-76,81H,6-23,25-26,28-29,31-32,34-72H2,1-5H3,(H,86,87)(H,88,89)/b27-24-,33-30-/t73?,74-,75-,76-/m1/s1. The van der Waals surface area contributed by atoms with E-state index in [0.717, 1.165) is 109 Å². The van der Waals surface area contributed by atoms with Crippen molar-refractivity contribution in [2.24, 2.45) is 5.92 Å². The van der Waals surface area contributed by atoms with E-state index >= 15 is 0 Å². The lowest BCUT2D eigenvalue weighted by atomic mass is 9.99. The van der Waals surface area contributed by atoms with Gasteiger partial charge in [0.15, 0.2) is 12.2 Å². The zero-order valence-corrected chi connectivity index (χ0v) is 65.9. The highest BCUT2D eigenvalue weighted by molar-refractivity contribution is 7.47. The Morgan fingerprint density at radius 3 is 0.859 bits per heavy atom. The summed E-state index contributed by atoms with van der Waals surface area (Å²) in [6.07, 6.45) is 65.8. The Morgan fingerprint density at radius 2 is 0.566 bits per heavy atom. The van der Waals surface area contributed by atoms with Crippen molar-refractivity contribution in [3.63, 3.8) is 0 Å². The molecule has 3 unspecified atom stereocenters. The van der Waals surface area contributed by atoms with Gasteiger partial charge in [0.2, 0.25) is 0 Å². The van der Waals surface area contributed by atoms with Crippen molar-refractivity contribution in [3.05, 3.63) is 24.3 Å². The highest BCUT2D eigenvalue weighted by atomic mass is 31.2. The molecule has 0 saturated carbocycles. The molecule has 0 spiro atoms. The largest absolute Gasteiger partial charge is 0.472 e. The second-order valence-corrected chi connectivity index (χ2v) is 31.3. The molecule has 17 nitrogen and oxygen atoms in total. The van der Waals surface area contributed by atoms with E-state index in [1.54, 1.807) is 0 Å². The molecule has 0 radical (unpaired) electrons. The lowest BCUT2D eigenvalue weighted by Crippen LogP contribution is -2.30. The summed E-state index contributed by atoms with van der Waals surface area (Å²) in [5.74, 6) is -1.36. The van der Waals surface area contributed by atoms with Gasteiger partial charge in [-0.15, -0.1) is 0 Å². The third-order valence-corrected chi connectivity index (χ3v) is 20.4. The minimum Gasteiger partial charge on any atom is -0.462 e. The van der Waals surface area contributed by atoms with Crippen LogP contribution in [-0.4, -0.2) is 96.7 Å². The van der Waals surface area contributed by atoms with E-state index in [4.69, 9.17) is 37.0 Å². The lowest BCUT2D eigenvalue weighted by Gasteiger charge is -2.21. The summed E-state index contributed by atoms with van der Waals surface area (Å²) in [5.41, 5.74) is 0. The molecule has 0 aromatic carbocycles. The number of hydrogen-bond acceptors (Lipinski definition) is 15. The molecule has 0 rings (SSSR count). The summed E-state index contributed by atoms with van der Waals surface area (Å²) < 4.78 is 68.7. The van der Waals surface area contributed by atoms with Gasteiger partial charge in [-0.25, -0.2) is 9.13 Å². The summed E-state index contributed by atoms with van der Waals surface area (Å²) in [5, 5.41) is 10.6. The molecule has 0 aromatic heterocycles. The van der Waals surface area contributed by atoms with E-state index in [9.17, 15) is 43.2 Å². The van der Waals surface area contributed by atoms with Crippen molar-refractivity contribution in [2.45, 2.75) is 419 Å². The smallest absolute Gasteiger partial charge is 0.462 e. The average molecular weight is 1450 g/mol. The van der Waals surface area contributed by atoms with Crippen LogP contribution in [0.5, 0.6) is 0 Å². The van der Waals surface area contributed by atoms with E-state index in [1.165, 1.54) is 212 Å². The molecule has 584 valence electrons. The predicted molar refractivity (Wildman–Crippen MR) is 404 cm³/mol. The number of phosphoric ester groups is 2. The molecule has 0 aliphatic rings. The normalized spacial score (nSPS) is 14.3. The van der Waals surface area contributed by atoms with Crippen LogP contribution in [0.25, 0.3) is 0 Å². The molecule has 0 aliphatic carbocycles. The molecular weight excluding hydrogens is 1290 g/mol. The van der Waals surface area contributed by atoms with E-state index in [-0.39, 0.29) is 25.7 Å². The minimum atomic E-state index is -4.97. The second-order valence-electron chi connectivity index (χ2n) is 28.4. The van der Waals surface area contributed by atoms with Crippen molar-refractivity contribution in [1.82, 2.24) is 0 Å². The van der Waals surface area contributed by atoms with Crippen LogP contribution in [0.1, 0.15) is 401 Å². The summed E-state index contributed by atoms with van der Waals surface area (Å²) >= 11 is 0. The first-order chi connectivity index (χ1) is 48.1. The number of aliphatic hydroxyl groups is 1. The first-order valence-electron chi connectivity index (χ1n) is 41.0. The highest BCUT2D eigenvalue weighted by Gasteiger charge is 2.30. The van der Waals surface area contributed by atoms with Crippen molar-refractivity contribution in [2.75, 3.05) is 39.6 Å². The van der Waals surface area contributed by atoms with Crippen LogP contribution in [-0.2, 0) is 65.4 Å². The van der Waals surface area contributed by atoms with Gasteiger partial charge in [-0.2, -0.15) is 0 Å². The molecule has 99 heavy (non-hydrogen) atoms. The summed E-state index contributed by atoms with van der Waals surface area (Å²) in [6.45, 7) is 7.26. The van der Waals surface area contributed by atoms with Crippen molar-refractivity contribution in [3.8, 4) is 0 Å². The van der Waals surface area contributed by atoms with E-state index in [0.29, 0.717) is 25.7 Å². The lowest BCUT2D eigenvalue weighted by molar-refractivity contribution is -0.161. The van der Waals surface area contributed by atoms with Gasteiger partial charge in [-0.05, 0) is 57.3 Å². The Hall–Kier alpha value is -2.46. The Bertz CT molecular complexity index is 1990. The van der Waals surface area contributed by atoms with Crippen LogP contribution >= 0.6 is 15.6 Å². The molecule has 0 saturated heterocycles. The molecule has 0 fully saturated rings. The Labute approximate surface area is 605 Å². The summed E-state index contributed by atoms with van der Waals surface area (Å²) in [6, 6.07) is 0. The fourth-order valence-corrected chi connectivity index (χ4v) is 13.4. The average Bonchev–Trinajstić information content (AvgIpc) is 1.01. The van der Waals surface area contributed by atoms with Crippen LogP contribution in [0.3, 0.4) is 0 Å². The second kappa shape index (κ2) is 72.5. The number of allylic oxidation sites excluding steroid dienone is 4. The van der Waals surface area contributed by atoms with Crippen LogP contribution < -0.4 is 0 Å². The number of aliphatic hydroxyl groups excluding tert-OH is 1. The van der Waals surface area contributed by atoms with E-state index in [1.807, 2.05) is 0 Å². The number of esters is 4. The van der Waals surface area contributed by atoms with Crippen molar-refractivity contribution in [1.29, 1.82) is 0 Å². The zero-order valence-electron chi connectivity index (χ0n) is 64.1. The maximum absolute atomic E-state index is 13.1. The van der Waals surface area contributed by atoms with Gasteiger partial charge in [-0.1, -0.05) is 348 Å². The van der Waals surface area contributed by atoms with Crippen LogP contribution in [0.15, 0.2) is 24.3 Å². The molecule has 0 heterocycles. The van der Waals surface area contributed by atoms with Crippen LogP contribution in [0.2, 0.25) is 0 Å². The highest BCUT2D eigenvalue weighted by Crippen LogP contribution is 2.45. The molecule has 0 bridgehead atoms.